The molecule has 0 fully saturated rings. The van der Waals surface area contributed by atoms with Gasteiger partial charge in [0.1, 0.15) is 5.75 Å². The fraction of sp³-hybridized carbons (Fsp3) is 0.500. The molecule has 0 radical (unpaired) electrons. The standard InChI is InChI=1S/C14H22N2O2/c1-11(16(2)9-8-14(15)17)10-12-6-4-5-7-13(12)18-3/h4-7,11H,8-10H2,1-3H3,(H2,15,17). The summed E-state index contributed by atoms with van der Waals surface area (Å²) in [7, 11) is 3.68. The van der Waals surface area contributed by atoms with Gasteiger partial charge in [-0.25, -0.2) is 0 Å². The zero-order valence-corrected chi connectivity index (χ0v) is 11.3. The normalized spacial score (nSPS) is 12.4. The molecule has 1 unspecified atom stereocenters. The predicted octanol–water partition coefficient (Wildman–Crippen LogP) is 1.43. The first-order valence-corrected chi connectivity index (χ1v) is 6.15. The fourth-order valence-corrected chi connectivity index (χ4v) is 1.85. The van der Waals surface area contributed by atoms with Crippen LogP contribution in [0.1, 0.15) is 18.9 Å². The molecule has 0 aliphatic carbocycles. The Bertz CT molecular complexity index is 393. The van der Waals surface area contributed by atoms with Crippen LogP contribution in [0.25, 0.3) is 0 Å². The summed E-state index contributed by atoms with van der Waals surface area (Å²) in [5, 5.41) is 0. The van der Waals surface area contributed by atoms with Crippen LogP contribution in [0.3, 0.4) is 0 Å². The van der Waals surface area contributed by atoms with Crippen molar-refractivity contribution < 1.29 is 9.53 Å². The third kappa shape index (κ3) is 4.37. The topological polar surface area (TPSA) is 55.6 Å². The number of carbonyl (C=O) groups excluding carboxylic acids is 1. The Balaban J connectivity index is 2.57. The number of hydrogen-bond donors (Lipinski definition) is 1. The second-order valence-corrected chi connectivity index (χ2v) is 4.56. The SMILES string of the molecule is COc1ccccc1CC(C)N(C)CCC(N)=O. The van der Waals surface area contributed by atoms with Gasteiger partial charge < -0.3 is 15.4 Å². The Hall–Kier alpha value is -1.55. The van der Waals surface area contributed by atoms with E-state index in [1.807, 2.05) is 25.2 Å². The first-order valence-electron chi connectivity index (χ1n) is 6.15. The zero-order valence-electron chi connectivity index (χ0n) is 11.3. The quantitative estimate of drug-likeness (QED) is 0.796. The number of nitrogens with zero attached hydrogens (tertiary/aromatic N) is 1. The van der Waals surface area contributed by atoms with Crippen LogP contribution in [-0.4, -0.2) is 37.6 Å². The van der Waals surface area contributed by atoms with Gasteiger partial charge in [-0.1, -0.05) is 18.2 Å². The molecule has 0 saturated carbocycles. The van der Waals surface area contributed by atoms with Gasteiger partial charge in [0.25, 0.3) is 0 Å². The van der Waals surface area contributed by atoms with Crippen molar-refractivity contribution >= 4 is 5.91 Å². The van der Waals surface area contributed by atoms with Crippen LogP contribution in [0.5, 0.6) is 5.75 Å². The maximum Gasteiger partial charge on any atom is 0.218 e. The first-order chi connectivity index (χ1) is 8.54. The summed E-state index contributed by atoms with van der Waals surface area (Å²) in [5.74, 6) is 0.652. The van der Waals surface area contributed by atoms with E-state index in [0.29, 0.717) is 19.0 Å². The number of methoxy groups -OCH3 is 1. The van der Waals surface area contributed by atoms with Gasteiger partial charge in [-0.3, -0.25) is 4.79 Å². The number of amides is 1. The molecule has 0 saturated heterocycles. The lowest BCUT2D eigenvalue weighted by molar-refractivity contribution is -0.118. The smallest absolute Gasteiger partial charge is 0.218 e. The average molecular weight is 250 g/mol. The lowest BCUT2D eigenvalue weighted by Gasteiger charge is -2.24. The van der Waals surface area contributed by atoms with Crippen molar-refractivity contribution in [3.05, 3.63) is 29.8 Å². The predicted molar refractivity (Wildman–Crippen MR) is 72.6 cm³/mol. The van der Waals surface area contributed by atoms with E-state index in [1.165, 1.54) is 5.56 Å². The number of benzene rings is 1. The van der Waals surface area contributed by atoms with Crippen LogP contribution < -0.4 is 10.5 Å². The number of likely N-dealkylation sites (N-methyl/N-ethyl adjacent to an activating group) is 1. The molecule has 0 spiro atoms. The number of nitrogens with two attached hydrogens (primary N) is 1. The van der Waals surface area contributed by atoms with Gasteiger partial charge in [0.05, 0.1) is 7.11 Å². The maximum atomic E-state index is 10.8. The number of ether oxygens (including phenoxy) is 1. The van der Waals surface area contributed by atoms with Crippen LogP contribution in [0.2, 0.25) is 0 Å². The Morgan fingerprint density at radius 2 is 2.11 bits per heavy atom. The third-order valence-electron chi connectivity index (χ3n) is 3.17. The molecule has 1 amide bonds. The van der Waals surface area contributed by atoms with Crippen LogP contribution >= 0.6 is 0 Å². The summed E-state index contributed by atoms with van der Waals surface area (Å²) >= 11 is 0. The molecular weight excluding hydrogens is 228 g/mol. The van der Waals surface area contributed by atoms with E-state index in [2.05, 4.69) is 17.9 Å². The summed E-state index contributed by atoms with van der Waals surface area (Å²) in [4.78, 5) is 12.9. The monoisotopic (exact) mass is 250 g/mol. The molecule has 0 aromatic heterocycles. The van der Waals surface area contributed by atoms with Crippen LogP contribution in [0.4, 0.5) is 0 Å². The number of primary amides is 1. The second kappa shape index (κ2) is 7.01. The van der Waals surface area contributed by atoms with Gasteiger partial charge in [0.2, 0.25) is 5.91 Å². The molecule has 1 rings (SSSR count). The highest BCUT2D eigenvalue weighted by Gasteiger charge is 2.12. The van der Waals surface area contributed by atoms with Crippen LogP contribution in [0.15, 0.2) is 24.3 Å². The molecule has 2 N–H and O–H groups in total. The first kappa shape index (κ1) is 14.5. The summed E-state index contributed by atoms with van der Waals surface area (Å²) in [6.07, 6.45) is 1.28. The van der Waals surface area contributed by atoms with E-state index < -0.39 is 0 Å². The molecule has 0 aliphatic rings. The minimum atomic E-state index is -0.258. The van der Waals surface area contributed by atoms with Gasteiger partial charge >= 0.3 is 0 Å². The van der Waals surface area contributed by atoms with Crippen LogP contribution in [0, 0.1) is 0 Å². The van der Waals surface area contributed by atoms with Crippen molar-refractivity contribution in [2.24, 2.45) is 5.73 Å². The van der Waals surface area contributed by atoms with Crippen molar-refractivity contribution in [1.29, 1.82) is 0 Å². The van der Waals surface area contributed by atoms with E-state index in [9.17, 15) is 4.79 Å². The third-order valence-corrected chi connectivity index (χ3v) is 3.17. The van der Waals surface area contributed by atoms with E-state index in [-0.39, 0.29) is 5.91 Å². The largest absolute Gasteiger partial charge is 0.496 e. The second-order valence-electron chi connectivity index (χ2n) is 4.56. The summed E-state index contributed by atoms with van der Waals surface area (Å²) in [6.45, 7) is 2.82. The number of rotatable bonds is 7. The molecule has 4 nitrogen and oxygen atoms in total. The van der Waals surface area contributed by atoms with Gasteiger partial charge in [-0.05, 0) is 32.0 Å². The maximum absolute atomic E-state index is 10.8. The van der Waals surface area contributed by atoms with E-state index in [4.69, 9.17) is 10.5 Å². The Kier molecular flexibility index (Phi) is 5.65. The zero-order chi connectivity index (χ0) is 13.5. The van der Waals surface area contributed by atoms with Gasteiger partial charge in [0.15, 0.2) is 0 Å². The van der Waals surface area contributed by atoms with Crippen molar-refractivity contribution in [3.8, 4) is 5.75 Å². The average Bonchev–Trinajstić information content (AvgIpc) is 2.36. The molecule has 0 heterocycles. The van der Waals surface area contributed by atoms with Crippen molar-refractivity contribution in [3.63, 3.8) is 0 Å². The van der Waals surface area contributed by atoms with Crippen molar-refractivity contribution in [2.75, 3.05) is 20.7 Å². The minimum absolute atomic E-state index is 0.258. The molecule has 1 atom stereocenters. The number of para-hydroxylation sites is 1. The van der Waals surface area contributed by atoms with Crippen molar-refractivity contribution in [2.45, 2.75) is 25.8 Å². The van der Waals surface area contributed by atoms with E-state index in [0.717, 1.165) is 12.2 Å². The molecule has 4 heteroatoms. The number of hydrogen-bond acceptors (Lipinski definition) is 3. The van der Waals surface area contributed by atoms with Gasteiger partial charge in [-0.2, -0.15) is 0 Å². The minimum Gasteiger partial charge on any atom is -0.496 e. The molecule has 100 valence electrons. The van der Waals surface area contributed by atoms with Gasteiger partial charge in [-0.15, -0.1) is 0 Å². The summed E-state index contributed by atoms with van der Waals surface area (Å²) in [6, 6.07) is 8.33. The van der Waals surface area contributed by atoms with E-state index in [1.54, 1.807) is 7.11 Å². The lowest BCUT2D eigenvalue weighted by atomic mass is 10.0. The fourth-order valence-electron chi connectivity index (χ4n) is 1.85. The van der Waals surface area contributed by atoms with Gasteiger partial charge in [0, 0.05) is 19.0 Å². The lowest BCUT2D eigenvalue weighted by Crippen LogP contribution is -2.33. The molecule has 1 aromatic carbocycles. The molecule has 0 aliphatic heterocycles. The Morgan fingerprint density at radius 1 is 1.44 bits per heavy atom. The molecular formula is C14H22N2O2. The number of carbonyl (C=O) groups is 1. The van der Waals surface area contributed by atoms with Crippen LogP contribution in [-0.2, 0) is 11.2 Å². The van der Waals surface area contributed by atoms with E-state index >= 15 is 0 Å². The highest BCUT2D eigenvalue weighted by molar-refractivity contribution is 5.73. The molecule has 18 heavy (non-hydrogen) atoms. The molecule has 1 aromatic rings. The highest BCUT2D eigenvalue weighted by atomic mass is 16.5. The van der Waals surface area contributed by atoms with Crippen molar-refractivity contribution in [1.82, 2.24) is 4.90 Å². The molecule has 0 bridgehead atoms. The summed E-state index contributed by atoms with van der Waals surface area (Å²) < 4.78 is 5.33. The Labute approximate surface area is 109 Å². The summed E-state index contributed by atoms with van der Waals surface area (Å²) in [5.41, 5.74) is 6.33. The highest BCUT2D eigenvalue weighted by Crippen LogP contribution is 2.20. The Morgan fingerprint density at radius 3 is 2.72 bits per heavy atom.